The van der Waals surface area contributed by atoms with Gasteiger partial charge in [-0.1, -0.05) is 54.8 Å². The van der Waals surface area contributed by atoms with E-state index in [1.165, 1.54) is 0 Å². The van der Waals surface area contributed by atoms with E-state index in [1.54, 1.807) is 0 Å². The van der Waals surface area contributed by atoms with E-state index in [0.717, 1.165) is 27.8 Å². The van der Waals surface area contributed by atoms with Gasteiger partial charge in [0.15, 0.2) is 5.78 Å². The number of amides is 3. The van der Waals surface area contributed by atoms with Gasteiger partial charge in [0, 0.05) is 10.9 Å². The van der Waals surface area contributed by atoms with Gasteiger partial charge in [0.05, 0.1) is 6.54 Å². The molecule has 24 heavy (non-hydrogen) atoms. The number of hydrogen-bond donors (Lipinski definition) is 1. The molecule has 3 amide bonds. The smallest absolute Gasteiger partial charge is 0.323 e. The van der Waals surface area contributed by atoms with Gasteiger partial charge in [0.25, 0.3) is 5.91 Å². The number of ketones is 1. The Morgan fingerprint density at radius 1 is 1.12 bits per heavy atom. The molecule has 2 rings (SSSR count). The largest absolute Gasteiger partial charge is 0.325 e. The number of halogens is 1. The summed E-state index contributed by atoms with van der Waals surface area (Å²) in [6.07, 6.45) is 3.00. The number of rotatable bonds is 8. The number of benzene rings is 1. The van der Waals surface area contributed by atoms with E-state index in [1.807, 2.05) is 38.1 Å². The Morgan fingerprint density at radius 2 is 1.71 bits per heavy atom. The predicted molar refractivity (Wildman–Crippen MR) is 95.6 cm³/mol. The Labute approximate surface area is 150 Å². The molecule has 1 aromatic rings. The number of imide groups is 1. The van der Waals surface area contributed by atoms with E-state index in [9.17, 15) is 14.4 Å². The highest BCUT2D eigenvalue weighted by Crippen LogP contribution is 2.28. The van der Waals surface area contributed by atoms with Crippen LogP contribution in [-0.4, -0.2) is 34.7 Å². The monoisotopic (exact) mass is 394 g/mol. The first-order chi connectivity index (χ1) is 11.4. The van der Waals surface area contributed by atoms with Crippen LogP contribution in [0.2, 0.25) is 0 Å². The fraction of sp³-hybridized carbons (Fsp3) is 0.500. The third-order valence-corrected chi connectivity index (χ3v) is 4.78. The van der Waals surface area contributed by atoms with Crippen LogP contribution in [0.15, 0.2) is 28.7 Å². The number of carbonyl (C=O) groups excluding carboxylic acids is 3. The summed E-state index contributed by atoms with van der Waals surface area (Å²) < 4.78 is 0.941. The minimum Gasteiger partial charge on any atom is -0.323 e. The standard InChI is InChI=1S/C18H23BrN2O3/c1-3-9-18(10-4-2)16(23)21(17(24)20-18)12-15(22)11-13-5-7-14(19)8-6-13/h5-8H,3-4,9-12H2,1-2H3,(H,20,24). The lowest BCUT2D eigenvalue weighted by Gasteiger charge is -2.25. The van der Waals surface area contributed by atoms with Gasteiger partial charge in [-0.15, -0.1) is 0 Å². The Kier molecular flexibility index (Phi) is 6.15. The average molecular weight is 395 g/mol. The predicted octanol–water partition coefficient (Wildman–Crippen LogP) is 3.45. The van der Waals surface area contributed by atoms with Gasteiger partial charge in [-0.2, -0.15) is 0 Å². The molecule has 5 nitrogen and oxygen atoms in total. The lowest BCUT2D eigenvalue weighted by molar-refractivity contribution is -0.134. The van der Waals surface area contributed by atoms with E-state index in [-0.39, 0.29) is 24.7 Å². The normalized spacial score (nSPS) is 16.4. The quantitative estimate of drug-likeness (QED) is 0.686. The summed E-state index contributed by atoms with van der Waals surface area (Å²) >= 11 is 3.35. The van der Waals surface area contributed by atoms with Crippen molar-refractivity contribution in [3.05, 3.63) is 34.3 Å². The lowest BCUT2D eigenvalue weighted by Crippen LogP contribution is -2.47. The van der Waals surface area contributed by atoms with Crippen molar-refractivity contribution >= 4 is 33.7 Å². The highest BCUT2D eigenvalue weighted by atomic mass is 79.9. The van der Waals surface area contributed by atoms with Crippen LogP contribution in [0, 0.1) is 0 Å². The van der Waals surface area contributed by atoms with Crippen molar-refractivity contribution in [1.82, 2.24) is 10.2 Å². The van der Waals surface area contributed by atoms with E-state index in [0.29, 0.717) is 12.8 Å². The number of hydrogen-bond acceptors (Lipinski definition) is 3. The van der Waals surface area contributed by atoms with Gasteiger partial charge in [0.1, 0.15) is 5.54 Å². The molecule has 0 spiro atoms. The van der Waals surface area contributed by atoms with Crippen molar-refractivity contribution in [3.8, 4) is 0 Å². The molecular formula is C18H23BrN2O3. The van der Waals surface area contributed by atoms with Crippen molar-refractivity contribution in [2.24, 2.45) is 0 Å². The molecule has 1 fully saturated rings. The van der Waals surface area contributed by atoms with Crippen LogP contribution in [0.1, 0.15) is 45.1 Å². The van der Waals surface area contributed by atoms with Crippen LogP contribution in [0.5, 0.6) is 0 Å². The number of nitrogens with zero attached hydrogens (tertiary/aromatic N) is 1. The van der Waals surface area contributed by atoms with Crippen molar-refractivity contribution in [2.45, 2.75) is 51.5 Å². The molecule has 1 heterocycles. The fourth-order valence-electron chi connectivity index (χ4n) is 3.20. The first-order valence-electron chi connectivity index (χ1n) is 8.32. The average Bonchev–Trinajstić information content (AvgIpc) is 2.75. The van der Waals surface area contributed by atoms with Crippen molar-refractivity contribution in [1.29, 1.82) is 0 Å². The zero-order chi connectivity index (χ0) is 17.7. The van der Waals surface area contributed by atoms with Crippen LogP contribution in [0.3, 0.4) is 0 Å². The second-order valence-corrected chi connectivity index (χ2v) is 7.16. The topological polar surface area (TPSA) is 66.5 Å². The summed E-state index contributed by atoms with van der Waals surface area (Å²) in [5, 5.41) is 2.82. The van der Waals surface area contributed by atoms with E-state index >= 15 is 0 Å². The molecule has 1 aromatic carbocycles. The SMILES string of the molecule is CCCC1(CCC)NC(=O)N(CC(=O)Cc2ccc(Br)cc2)C1=O. The van der Waals surface area contributed by atoms with Gasteiger partial charge < -0.3 is 5.32 Å². The van der Waals surface area contributed by atoms with Crippen molar-refractivity contribution in [2.75, 3.05) is 6.54 Å². The molecule has 0 aliphatic carbocycles. The number of Topliss-reactive ketones (excluding diaryl/α,β-unsaturated/α-hetero) is 1. The third kappa shape index (κ3) is 4.04. The van der Waals surface area contributed by atoms with Crippen LogP contribution in [0.25, 0.3) is 0 Å². The molecule has 1 aliphatic heterocycles. The molecule has 1 aliphatic rings. The Bertz CT molecular complexity index is 622. The summed E-state index contributed by atoms with van der Waals surface area (Å²) in [5.41, 5.74) is 0.0296. The van der Waals surface area contributed by atoms with E-state index in [4.69, 9.17) is 0 Å². The van der Waals surface area contributed by atoms with Crippen molar-refractivity contribution < 1.29 is 14.4 Å². The maximum Gasteiger partial charge on any atom is 0.325 e. The molecule has 0 atom stereocenters. The fourth-order valence-corrected chi connectivity index (χ4v) is 3.46. The summed E-state index contributed by atoms with van der Waals surface area (Å²) in [7, 11) is 0. The van der Waals surface area contributed by atoms with E-state index in [2.05, 4.69) is 21.2 Å². The number of nitrogens with one attached hydrogen (secondary N) is 1. The van der Waals surface area contributed by atoms with Gasteiger partial charge >= 0.3 is 6.03 Å². The molecule has 1 N–H and O–H groups in total. The molecule has 0 unspecified atom stereocenters. The van der Waals surface area contributed by atoms with Crippen LogP contribution in [0.4, 0.5) is 4.79 Å². The molecule has 0 saturated carbocycles. The van der Waals surface area contributed by atoms with Crippen LogP contribution in [-0.2, 0) is 16.0 Å². The zero-order valence-corrected chi connectivity index (χ0v) is 15.7. The minimum atomic E-state index is -0.835. The maximum absolute atomic E-state index is 12.7. The Hall–Kier alpha value is -1.69. The third-order valence-electron chi connectivity index (χ3n) is 4.25. The molecule has 0 aromatic heterocycles. The van der Waals surface area contributed by atoms with Gasteiger partial charge in [-0.25, -0.2) is 4.79 Å². The Morgan fingerprint density at radius 3 is 2.25 bits per heavy atom. The van der Waals surface area contributed by atoms with Gasteiger partial charge in [0.2, 0.25) is 0 Å². The molecule has 0 bridgehead atoms. The van der Waals surface area contributed by atoms with Crippen LogP contribution < -0.4 is 5.32 Å². The highest BCUT2D eigenvalue weighted by Gasteiger charge is 2.50. The maximum atomic E-state index is 12.7. The van der Waals surface area contributed by atoms with Crippen LogP contribution >= 0.6 is 15.9 Å². The minimum absolute atomic E-state index is 0.149. The summed E-state index contributed by atoms with van der Waals surface area (Å²) in [6, 6.07) is 6.98. The molecule has 0 radical (unpaired) electrons. The van der Waals surface area contributed by atoms with E-state index < -0.39 is 11.6 Å². The second kappa shape index (κ2) is 7.92. The summed E-state index contributed by atoms with van der Waals surface area (Å²) in [5.74, 6) is -0.412. The summed E-state index contributed by atoms with van der Waals surface area (Å²) in [6.45, 7) is 3.80. The number of carbonyl (C=O) groups is 3. The first-order valence-corrected chi connectivity index (χ1v) is 9.11. The molecular weight excluding hydrogens is 372 g/mol. The first kappa shape index (κ1) is 18.6. The molecule has 1 saturated heterocycles. The number of urea groups is 1. The second-order valence-electron chi connectivity index (χ2n) is 6.25. The van der Waals surface area contributed by atoms with Gasteiger partial charge in [-0.05, 0) is 30.5 Å². The molecule has 6 heteroatoms. The van der Waals surface area contributed by atoms with Crippen molar-refractivity contribution in [3.63, 3.8) is 0 Å². The van der Waals surface area contributed by atoms with Gasteiger partial charge in [-0.3, -0.25) is 14.5 Å². The summed E-state index contributed by atoms with van der Waals surface area (Å²) in [4.78, 5) is 38.3. The Balaban J connectivity index is 2.05. The molecule has 130 valence electrons. The lowest BCUT2D eigenvalue weighted by atomic mass is 9.88. The highest BCUT2D eigenvalue weighted by molar-refractivity contribution is 9.10. The zero-order valence-electron chi connectivity index (χ0n) is 14.1.